The lowest BCUT2D eigenvalue weighted by Crippen LogP contribution is -2.25. The number of fused-ring (bicyclic) bond motifs is 1. The first-order valence-corrected chi connectivity index (χ1v) is 8.46. The van der Waals surface area contributed by atoms with E-state index < -0.39 is 0 Å². The van der Waals surface area contributed by atoms with Crippen molar-refractivity contribution in [1.82, 2.24) is 5.32 Å². The minimum absolute atomic E-state index is 0.0715. The molecule has 1 aliphatic heterocycles. The molecule has 3 rings (SSSR count). The lowest BCUT2D eigenvalue weighted by atomic mass is 10.1. The molecule has 1 heterocycles. The molecular formula is C20H21NO4. The van der Waals surface area contributed by atoms with E-state index in [1.807, 2.05) is 18.2 Å². The molecule has 0 radical (unpaired) electrons. The highest BCUT2D eigenvalue weighted by molar-refractivity contribution is 5.98. The van der Waals surface area contributed by atoms with E-state index in [2.05, 4.69) is 17.4 Å². The number of Topliss-reactive ketones (excluding diaryl/α,β-unsaturated/α-hetero) is 1. The van der Waals surface area contributed by atoms with Gasteiger partial charge in [-0.25, -0.2) is 0 Å². The minimum atomic E-state index is -0.0952. The Morgan fingerprint density at radius 2 is 1.76 bits per heavy atom. The molecule has 25 heavy (non-hydrogen) atoms. The number of carbonyl (C=O) groups excluding carboxylic acids is 2. The first-order valence-electron chi connectivity index (χ1n) is 8.46. The molecule has 2 aromatic rings. The lowest BCUT2D eigenvalue weighted by Gasteiger charge is -2.06. The summed E-state index contributed by atoms with van der Waals surface area (Å²) in [6.45, 7) is 0.796. The van der Waals surface area contributed by atoms with E-state index in [0.717, 1.165) is 12.8 Å². The number of aryl methyl sites for hydroxylation is 1. The van der Waals surface area contributed by atoms with Gasteiger partial charge in [-0.3, -0.25) is 9.59 Å². The van der Waals surface area contributed by atoms with Gasteiger partial charge in [0.1, 0.15) is 0 Å². The van der Waals surface area contributed by atoms with Crippen LogP contribution in [-0.4, -0.2) is 25.0 Å². The van der Waals surface area contributed by atoms with Gasteiger partial charge in [0, 0.05) is 24.9 Å². The largest absolute Gasteiger partial charge is 0.454 e. The molecule has 130 valence electrons. The van der Waals surface area contributed by atoms with E-state index in [-0.39, 0.29) is 31.3 Å². The van der Waals surface area contributed by atoms with Gasteiger partial charge in [-0.1, -0.05) is 30.3 Å². The Morgan fingerprint density at radius 1 is 0.960 bits per heavy atom. The number of amides is 1. The van der Waals surface area contributed by atoms with Crippen LogP contribution in [0.15, 0.2) is 48.5 Å². The van der Waals surface area contributed by atoms with Crippen LogP contribution in [0, 0.1) is 0 Å². The molecule has 1 aliphatic rings. The highest BCUT2D eigenvalue weighted by Gasteiger charge is 2.16. The zero-order chi connectivity index (χ0) is 17.5. The van der Waals surface area contributed by atoms with Gasteiger partial charge >= 0.3 is 0 Å². The van der Waals surface area contributed by atoms with Crippen molar-refractivity contribution in [2.45, 2.75) is 25.7 Å². The smallest absolute Gasteiger partial charge is 0.231 e. The molecule has 0 aromatic heterocycles. The predicted octanol–water partition coefficient (Wildman–Crippen LogP) is 3.13. The SMILES string of the molecule is O=C(CCC(=O)c1ccc2c(c1)OCO2)NCCCc1ccccc1. The molecule has 0 bridgehead atoms. The van der Waals surface area contributed by atoms with Crippen LogP contribution in [-0.2, 0) is 11.2 Å². The number of benzene rings is 2. The topological polar surface area (TPSA) is 64.6 Å². The molecule has 0 saturated heterocycles. The first kappa shape index (κ1) is 17.0. The van der Waals surface area contributed by atoms with Gasteiger partial charge in [-0.2, -0.15) is 0 Å². The standard InChI is InChI=1S/C20H21NO4/c22-17(16-8-10-18-19(13-16)25-14-24-18)9-11-20(23)21-12-4-7-15-5-2-1-3-6-15/h1-3,5-6,8,10,13H,4,7,9,11-12,14H2,(H,21,23). The normalized spacial score (nSPS) is 12.0. The van der Waals surface area contributed by atoms with Gasteiger partial charge in [0.15, 0.2) is 17.3 Å². The Morgan fingerprint density at radius 3 is 2.60 bits per heavy atom. The highest BCUT2D eigenvalue weighted by Crippen LogP contribution is 2.32. The predicted molar refractivity (Wildman–Crippen MR) is 93.9 cm³/mol. The van der Waals surface area contributed by atoms with Gasteiger partial charge in [0.05, 0.1) is 0 Å². The van der Waals surface area contributed by atoms with Crippen molar-refractivity contribution < 1.29 is 19.1 Å². The first-order chi connectivity index (χ1) is 12.2. The average molecular weight is 339 g/mol. The highest BCUT2D eigenvalue weighted by atomic mass is 16.7. The van der Waals surface area contributed by atoms with Crippen LogP contribution in [0.1, 0.15) is 35.2 Å². The van der Waals surface area contributed by atoms with Gasteiger partial charge in [0.25, 0.3) is 0 Å². The molecule has 0 unspecified atom stereocenters. The fraction of sp³-hybridized carbons (Fsp3) is 0.300. The van der Waals surface area contributed by atoms with Crippen molar-refractivity contribution in [2.24, 2.45) is 0 Å². The summed E-state index contributed by atoms with van der Waals surface area (Å²) in [4.78, 5) is 24.1. The molecule has 2 aromatic carbocycles. The monoisotopic (exact) mass is 339 g/mol. The van der Waals surface area contributed by atoms with E-state index in [9.17, 15) is 9.59 Å². The van der Waals surface area contributed by atoms with Gasteiger partial charge in [0.2, 0.25) is 12.7 Å². The second-order valence-corrected chi connectivity index (χ2v) is 5.93. The molecule has 1 amide bonds. The number of ketones is 1. The lowest BCUT2D eigenvalue weighted by molar-refractivity contribution is -0.121. The van der Waals surface area contributed by atoms with Crippen LogP contribution in [0.25, 0.3) is 0 Å². The number of ether oxygens (including phenoxy) is 2. The Balaban J connectivity index is 1.36. The van der Waals surface area contributed by atoms with Gasteiger partial charge in [-0.05, 0) is 36.6 Å². The summed E-state index contributed by atoms with van der Waals surface area (Å²) in [5.41, 5.74) is 1.80. The molecule has 1 N–H and O–H groups in total. The maximum Gasteiger partial charge on any atom is 0.231 e. The van der Waals surface area contributed by atoms with Crippen molar-refractivity contribution >= 4 is 11.7 Å². The molecule has 5 heteroatoms. The Kier molecular flexibility index (Phi) is 5.67. The zero-order valence-corrected chi connectivity index (χ0v) is 14.0. The molecule has 5 nitrogen and oxygen atoms in total. The van der Waals surface area contributed by atoms with E-state index >= 15 is 0 Å². The van der Waals surface area contributed by atoms with E-state index in [1.54, 1.807) is 18.2 Å². The molecule has 0 saturated carbocycles. The van der Waals surface area contributed by atoms with Crippen molar-refractivity contribution in [2.75, 3.05) is 13.3 Å². The molecule has 0 spiro atoms. The van der Waals surface area contributed by atoms with Crippen molar-refractivity contribution in [3.8, 4) is 11.5 Å². The van der Waals surface area contributed by atoms with Crippen LogP contribution in [0.2, 0.25) is 0 Å². The fourth-order valence-electron chi connectivity index (χ4n) is 2.69. The van der Waals surface area contributed by atoms with Crippen LogP contribution in [0.5, 0.6) is 11.5 Å². The fourth-order valence-corrected chi connectivity index (χ4v) is 2.69. The number of carbonyl (C=O) groups is 2. The quantitative estimate of drug-likeness (QED) is 0.593. The van der Waals surface area contributed by atoms with Crippen molar-refractivity contribution in [3.63, 3.8) is 0 Å². The maximum atomic E-state index is 12.2. The van der Waals surface area contributed by atoms with Crippen molar-refractivity contribution in [1.29, 1.82) is 0 Å². The van der Waals surface area contributed by atoms with E-state index in [4.69, 9.17) is 9.47 Å². The number of hydrogen-bond acceptors (Lipinski definition) is 4. The summed E-state index contributed by atoms with van der Waals surface area (Å²) < 4.78 is 10.5. The summed E-state index contributed by atoms with van der Waals surface area (Å²) in [6.07, 6.45) is 2.19. The van der Waals surface area contributed by atoms with E-state index in [1.165, 1.54) is 5.56 Å². The second kappa shape index (κ2) is 8.33. The van der Waals surface area contributed by atoms with Crippen LogP contribution >= 0.6 is 0 Å². The summed E-state index contributed by atoms with van der Waals surface area (Å²) in [5.74, 6) is 1.06. The summed E-state index contributed by atoms with van der Waals surface area (Å²) in [6, 6.07) is 15.3. The third-order valence-corrected chi connectivity index (χ3v) is 4.08. The molecule has 0 aliphatic carbocycles. The third kappa shape index (κ3) is 4.83. The summed E-state index contributed by atoms with van der Waals surface area (Å²) in [7, 11) is 0. The van der Waals surface area contributed by atoms with Crippen LogP contribution < -0.4 is 14.8 Å². The average Bonchev–Trinajstić information content (AvgIpc) is 3.12. The number of rotatable bonds is 8. The Hall–Kier alpha value is -2.82. The number of hydrogen-bond donors (Lipinski definition) is 1. The second-order valence-electron chi connectivity index (χ2n) is 5.93. The summed E-state index contributed by atoms with van der Waals surface area (Å²) in [5, 5.41) is 2.87. The van der Waals surface area contributed by atoms with Gasteiger partial charge in [-0.15, -0.1) is 0 Å². The van der Waals surface area contributed by atoms with E-state index in [0.29, 0.717) is 23.6 Å². The Bertz CT molecular complexity index is 743. The van der Waals surface area contributed by atoms with Gasteiger partial charge < -0.3 is 14.8 Å². The molecule has 0 fully saturated rings. The van der Waals surface area contributed by atoms with Crippen LogP contribution in [0.4, 0.5) is 0 Å². The Labute approximate surface area is 147 Å². The third-order valence-electron chi connectivity index (χ3n) is 4.08. The van der Waals surface area contributed by atoms with Crippen LogP contribution in [0.3, 0.4) is 0 Å². The van der Waals surface area contributed by atoms with Crippen molar-refractivity contribution in [3.05, 3.63) is 59.7 Å². The molecule has 0 atom stereocenters. The maximum absolute atomic E-state index is 12.2. The zero-order valence-electron chi connectivity index (χ0n) is 14.0. The molecular weight excluding hydrogens is 318 g/mol. The number of nitrogens with one attached hydrogen (secondary N) is 1. The summed E-state index contributed by atoms with van der Waals surface area (Å²) >= 11 is 0. The minimum Gasteiger partial charge on any atom is -0.454 e.